The van der Waals surface area contributed by atoms with E-state index in [2.05, 4.69) is 9.97 Å². The zero-order valence-electron chi connectivity index (χ0n) is 8.24. The first-order chi connectivity index (χ1) is 7.20. The predicted octanol–water partition coefficient (Wildman–Crippen LogP) is 2.17. The van der Waals surface area contributed by atoms with Gasteiger partial charge in [0.15, 0.2) is 0 Å². The number of anilines is 1. The second kappa shape index (κ2) is 3.65. The van der Waals surface area contributed by atoms with Crippen molar-refractivity contribution >= 4 is 5.82 Å². The normalized spacial score (nSPS) is 10.3. The molecule has 0 aliphatic carbocycles. The Kier molecular flexibility index (Phi) is 2.33. The lowest BCUT2D eigenvalue weighted by molar-refractivity contribution is 0.630. The molecule has 0 bridgehead atoms. The molecule has 0 saturated heterocycles. The Hall–Kier alpha value is -1.97. The molecular formula is C11H10FN3. The molecule has 2 rings (SSSR count). The molecule has 2 aromatic rings. The Balaban J connectivity index is 2.65. The fourth-order valence-electron chi connectivity index (χ4n) is 1.39. The van der Waals surface area contributed by atoms with Crippen LogP contribution in [0.25, 0.3) is 11.3 Å². The molecule has 0 spiro atoms. The number of benzene rings is 1. The number of nitrogens with zero attached hydrogens (tertiary/aromatic N) is 2. The number of halogens is 1. The van der Waals surface area contributed by atoms with Gasteiger partial charge in [-0.1, -0.05) is 12.1 Å². The average molecular weight is 203 g/mol. The highest BCUT2D eigenvalue weighted by Crippen LogP contribution is 2.25. The van der Waals surface area contributed by atoms with Crippen LogP contribution in [0.1, 0.15) is 5.56 Å². The monoisotopic (exact) mass is 203 g/mol. The summed E-state index contributed by atoms with van der Waals surface area (Å²) in [5.74, 6) is 0.0713. The minimum absolute atomic E-state index is 0.307. The number of nitrogen functional groups attached to an aromatic ring is 1. The third kappa shape index (κ3) is 1.66. The molecule has 15 heavy (non-hydrogen) atoms. The minimum Gasteiger partial charge on any atom is -0.383 e. The molecule has 0 aliphatic heterocycles. The van der Waals surface area contributed by atoms with E-state index < -0.39 is 0 Å². The van der Waals surface area contributed by atoms with Crippen LogP contribution in [-0.2, 0) is 0 Å². The van der Waals surface area contributed by atoms with Gasteiger partial charge in [0.2, 0.25) is 0 Å². The minimum atomic E-state index is -0.307. The molecular weight excluding hydrogens is 193 g/mol. The zero-order valence-corrected chi connectivity index (χ0v) is 8.24. The van der Waals surface area contributed by atoms with E-state index in [1.165, 1.54) is 12.4 Å². The third-order valence-corrected chi connectivity index (χ3v) is 2.25. The zero-order chi connectivity index (χ0) is 10.8. The summed E-state index contributed by atoms with van der Waals surface area (Å²) in [4.78, 5) is 7.88. The molecule has 0 fully saturated rings. The first kappa shape index (κ1) is 9.58. The maximum Gasteiger partial charge on any atom is 0.132 e. The van der Waals surface area contributed by atoms with E-state index in [1.807, 2.05) is 0 Å². The van der Waals surface area contributed by atoms with E-state index in [4.69, 9.17) is 5.73 Å². The second-order valence-electron chi connectivity index (χ2n) is 3.21. The molecule has 76 valence electrons. The largest absolute Gasteiger partial charge is 0.383 e. The van der Waals surface area contributed by atoms with Crippen LogP contribution in [0.3, 0.4) is 0 Å². The van der Waals surface area contributed by atoms with Gasteiger partial charge in [0.25, 0.3) is 0 Å². The van der Waals surface area contributed by atoms with Gasteiger partial charge in [0.1, 0.15) is 18.0 Å². The third-order valence-electron chi connectivity index (χ3n) is 2.25. The van der Waals surface area contributed by atoms with Crippen LogP contribution in [-0.4, -0.2) is 9.97 Å². The molecule has 1 aromatic heterocycles. The van der Waals surface area contributed by atoms with Gasteiger partial charge in [-0.3, -0.25) is 0 Å². The Labute approximate surface area is 86.8 Å². The molecule has 2 N–H and O–H groups in total. The maximum absolute atomic E-state index is 13.5. The van der Waals surface area contributed by atoms with Gasteiger partial charge < -0.3 is 5.73 Å². The van der Waals surface area contributed by atoms with Gasteiger partial charge in [-0.2, -0.15) is 0 Å². The fourth-order valence-corrected chi connectivity index (χ4v) is 1.39. The molecule has 4 heteroatoms. The highest BCUT2D eigenvalue weighted by molar-refractivity contribution is 5.67. The van der Waals surface area contributed by atoms with Crippen molar-refractivity contribution in [2.24, 2.45) is 0 Å². The van der Waals surface area contributed by atoms with E-state index in [-0.39, 0.29) is 5.82 Å². The lowest BCUT2D eigenvalue weighted by Crippen LogP contribution is -1.99. The summed E-state index contributed by atoms with van der Waals surface area (Å²) >= 11 is 0. The van der Waals surface area contributed by atoms with Gasteiger partial charge in [-0.05, 0) is 19.1 Å². The van der Waals surface area contributed by atoms with Crippen molar-refractivity contribution in [3.8, 4) is 11.3 Å². The van der Waals surface area contributed by atoms with E-state index >= 15 is 0 Å². The Morgan fingerprint density at radius 3 is 2.67 bits per heavy atom. The van der Waals surface area contributed by atoms with Crippen molar-refractivity contribution in [2.75, 3.05) is 5.73 Å². The summed E-state index contributed by atoms with van der Waals surface area (Å²) < 4.78 is 13.5. The Morgan fingerprint density at radius 1 is 1.20 bits per heavy atom. The van der Waals surface area contributed by atoms with Crippen molar-refractivity contribution < 1.29 is 4.39 Å². The molecule has 0 amide bonds. The van der Waals surface area contributed by atoms with E-state index in [0.717, 1.165) is 0 Å². The van der Waals surface area contributed by atoms with Crippen LogP contribution in [0.2, 0.25) is 0 Å². The number of nitrogens with two attached hydrogens (primary N) is 1. The summed E-state index contributed by atoms with van der Waals surface area (Å²) in [5, 5.41) is 0. The lowest BCUT2D eigenvalue weighted by Gasteiger charge is -2.06. The summed E-state index contributed by atoms with van der Waals surface area (Å²) in [6, 6.07) is 6.46. The quantitative estimate of drug-likeness (QED) is 0.772. The lowest BCUT2D eigenvalue weighted by atomic mass is 10.1. The average Bonchev–Trinajstić information content (AvgIpc) is 2.23. The highest BCUT2D eigenvalue weighted by atomic mass is 19.1. The fraction of sp³-hybridized carbons (Fsp3) is 0.0909. The second-order valence-corrected chi connectivity index (χ2v) is 3.21. The SMILES string of the molecule is Cc1c(N)ncnc1-c1ccccc1F. The van der Waals surface area contributed by atoms with Crippen molar-refractivity contribution in [1.29, 1.82) is 0 Å². The smallest absolute Gasteiger partial charge is 0.132 e. The summed E-state index contributed by atoms with van der Waals surface area (Å²) in [7, 11) is 0. The number of hydrogen-bond donors (Lipinski definition) is 1. The van der Waals surface area contributed by atoms with Gasteiger partial charge >= 0.3 is 0 Å². The molecule has 0 radical (unpaired) electrons. The summed E-state index contributed by atoms with van der Waals surface area (Å²) in [6.45, 7) is 1.77. The molecule has 1 aromatic carbocycles. The molecule has 0 atom stereocenters. The number of hydrogen-bond acceptors (Lipinski definition) is 3. The number of aromatic nitrogens is 2. The molecule has 0 saturated carbocycles. The number of rotatable bonds is 1. The van der Waals surface area contributed by atoms with Gasteiger partial charge in [-0.25, -0.2) is 14.4 Å². The van der Waals surface area contributed by atoms with Gasteiger partial charge in [-0.15, -0.1) is 0 Å². The predicted molar refractivity (Wildman–Crippen MR) is 56.6 cm³/mol. The summed E-state index contributed by atoms with van der Waals surface area (Å²) in [6.07, 6.45) is 1.34. The molecule has 3 nitrogen and oxygen atoms in total. The Morgan fingerprint density at radius 2 is 1.93 bits per heavy atom. The van der Waals surface area contributed by atoms with Crippen molar-refractivity contribution in [1.82, 2.24) is 9.97 Å². The van der Waals surface area contributed by atoms with Gasteiger partial charge in [0.05, 0.1) is 5.69 Å². The molecule has 0 aliphatic rings. The van der Waals surface area contributed by atoms with Crippen LogP contribution >= 0.6 is 0 Å². The van der Waals surface area contributed by atoms with Crippen LogP contribution in [0, 0.1) is 12.7 Å². The topological polar surface area (TPSA) is 51.8 Å². The molecule has 0 unspecified atom stereocenters. The van der Waals surface area contributed by atoms with E-state index in [1.54, 1.807) is 25.1 Å². The van der Waals surface area contributed by atoms with Crippen LogP contribution in [0.4, 0.5) is 10.2 Å². The standard InChI is InChI=1S/C11H10FN3/c1-7-10(14-6-15-11(7)13)8-4-2-3-5-9(8)12/h2-6H,1H3,(H2,13,14,15). The highest BCUT2D eigenvalue weighted by Gasteiger charge is 2.10. The van der Waals surface area contributed by atoms with Crippen LogP contribution in [0.15, 0.2) is 30.6 Å². The summed E-state index contributed by atoms with van der Waals surface area (Å²) in [5.41, 5.74) is 7.32. The van der Waals surface area contributed by atoms with E-state index in [9.17, 15) is 4.39 Å². The van der Waals surface area contributed by atoms with Gasteiger partial charge in [0, 0.05) is 11.1 Å². The Bertz CT molecular complexity index is 497. The molecule has 1 heterocycles. The van der Waals surface area contributed by atoms with Crippen molar-refractivity contribution in [2.45, 2.75) is 6.92 Å². The maximum atomic E-state index is 13.5. The first-order valence-corrected chi connectivity index (χ1v) is 4.52. The van der Waals surface area contributed by atoms with Crippen molar-refractivity contribution in [3.05, 3.63) is 42.0 Å². The van der Waals surface area contributed by atoms with Crippen LogP contribution < -0.4 is 5.73 Å². The van der Waals surface area contributed by atoms with Crippen LogP contribution in [0.5, 0.6) is 0 Å². The first-order valence-electron chi connectivity index (χ1n) is 4.52. The van der Waals surface area contributed by atoms with Crippen molar-refractivity contribution in [3.63, 3.8) is 0 Å². The van der Waals surface area contributed by atoms with E-state index in [0.29, 0.717) is 22.6 Å².